The van der Waals surface area contributed by atoms with Crippen LogP contribution in [0.3, 0.4) is 0 Å². The fraction of sp³-hybridized carbons (Fsp3) is 0.429. The van der Waals surface area contributed by atoms with Crippen LogP contribution in [0.25, 0.3) is 0 Å². The number of hydrogen-bond acceptors (Lipinski definition) is 3. The molecule has 0 radical (unpaired) electrons. The predicted octanol–water partition coefficient (Wildman–Crippen LogP) is 2.73. The van der Waals surface area contributed by atoms with Crippen LogP contribution in [0.5, 0.6) is 0 Å². The molecule has 3 N–H and O–H groups in total. The van der Waals surface area contributed by atoms with Gasteiger partial charge in [0.05, 0.1) is 28.4 Å². The number of carbonyl (C=O) groups is 2. The number of amides is 2. The van der Waals surface area contributed by atoms with Crippen molar-refractivity contribution in [3.05, 3.63) is 28.8 Å². The van der Waals surface area contributed by atoms with Gasteiger partial charge in [-0.05, 0) is 38.0 Å². The molecule has 6 nitrogen and oxygen atoms in total. The van der Waals surface area contributed by atoms with Crippen molar-refractivity contribution in [1.82, 2.24) is 5.32 Å². The summed E-state index contributed by atoms with van der Waals surface area (Å²) < 4.78 is 5.36. The molecule has 0 aromatic heterocycles. The summed E-state index contributed by atoms with van der Waals surface area (Å²) in [5.41, 5.74) is -0.115. The molecule has 1 aliphatic rings. The van der Waals surface area contributed by atoms with E-state index in [1.165, 1.54) is 18.2 Å². The highest BCUT2D eigenvalue weighted by Crippen LogP contribution is 2.24. The maximum absolute atomic E-state index is 12.0. The highest BCUT2D eigenvalue weighted by atomic mass is 35.5. The van der Waals surface area contributed by atoms with Crippen LogP contribution in [0.4, 0.5) is 10.5 Å². The third kappa shape index (κ3) is 4.09. The fourth-order valence-electron chi connectivity index (χ4n) is 2.21. The number of ether oxygens (including phenoxy) is 1. The first-order valence-electron chi connectivity index (χ1n) is 6.59. The minimum atomic E-state index is -1.08. The van der Waals surface area contributed by atoms with Gasteiger partial charge in [0.25, 0.3) is 0 Å². The Morgan fingerprint density at radius 1 is 1.43 bits per heavy atom. The Morgan fingerprint density at radius 2 is 2.19 bits per heavy atom. The number of carboxylic acids is 1. The standard InChI is InChI=1S/C14H17ClN2O4/c1-14(5-2-6-21-8-14)17-13(20)16-11-7-9(12(18)19)3-4-10(11)15/h3-4,7H,2,5-6,8H2,1H3,(H,18,19)(H2,16,17,20). The Bertz CT molecular complexity index is 556. The van der Waals surface area contributed by atoms with Crippen LogP contribution in [0.1, 0.15) is 30.1 Å². The van der Waals surface area contributed by atoms with E-state index in [0.29, 0.717) is 13.2 Å². The Balaban J connectivity index is 2.05. The highest BCUT2D eigenvalue weighted by molar-refractivity contribution is 6.33. The minimum absolute atomic E-state index is 0.0573. The lowest BCUT2D eigenvalue weighted by atomic mass is 9.95. The Kier molecular flexibility index (Phi) is 4.69. The number of carboxylic acid groups (broad SMARTS) is 1. The number of halogens is 1. The second-order valence-corrected chi connectivity index (χ2v) is 5.70. The van der Waals surface area contributed by atoms with E-state index in [4.69, 9.17) is 21.4 Å². The van der Waals surface area contributed by atoms with E-state index >= 15 is 0 Å². The first kappa shape index (κ1) is 15.6. The number of anilines is 1. The van der Waals surface area contributed by atoms with Gasteiger partial charge in [0.1, 0.15) is 0 Å². The first-order valence-corrected chi connectivity index (χ1v) is 6.97. The quantitative estimate of drug-likeness (QED) is 0.800. The molecule has 1 atom stereocenters. The number of nitrogens with one attached hydrogen (secondary N) is 2. The molecule has 0 saturated carbocycles. The molecule has 1 unspecified atom stereocenters. The van der Waals surface area contributed by atoms with E-state index in [1.54, 1.807) is 0 Å². The molecule has 7 heteroatoms. The maximum Gasteiger partial charge on any atom is 0.335 e. The van der Waals surface area contributed by atoms with Gasteiger partial charge in [-0.2, -0.15) is 0 Å². The Hall–Kier alpha value is -1.79. The highest BCUT2D eigenvalue weighted by Gasteiger charge is 2.29. The summed E-state index contributed by atoms with van der Waals surface area (Å²) in [6, 6.07) is 3.70. The van der Waals surface area contributed by atoms with Crippen molar-refractivity contribution < 1.29 is 19.4 Å². The average molecular weight is 313 g/mol. The zero-order valence-corrected chi connectivity index (χ0v) is 12.4. The van der Waals surface area contributed by atoms with Gasteiger partial charge in [0.15, 0.2) is 0 Å². The van der Waals surface area contributed by atoms with Crippen molar-refractivity contribution in [1.29, 1.82) is 0 Å². The smallest absolute Gasteiger partial charge is 0.335 e. The minimum Gasteiger partial charge on any atom is -0.478 e. The van der Waals surface area contributed by atoms with Gasteiger partial charge in [-0.25, -0.2) is 9.59 Å². The van der Waals surface area contributed by atoms with E-state index in [9.17, 15) is 9.59 Å². The van der Waals surface area contributed by atoms with Crippen LogP contribution in [0.2, 0.25) is 5.02 Å². The van der Waals surface area contributed by atoms with Crippen LogP contribution in [-0.2, 0) is 4.74 Å². The van der Waals surface area contributed by atoms with E-state index < -0.39 is 17.5 Å². The van der Waals surface area contributed by atoms with Gasteiger partial charge in [0.2, 0.25) is 0 Å². The molecule has 21 heavy (non-hydrogen) atoms. The second-order valence-electron chi connectivity index (χ2n) is 5.30. The molecule has 1 aromatic rings. The van der Waals surface area contributed by atoms with Gasteiger partial charge in [0, 0.05) is 6.61 Å². The van der Waals surface area contributed by atoms with Gasteiger partial charge < -0.3 is 20.5 Å². The molecule has 1 aliphatic heterocycles. The molecule has 0 bridgehead atoms. The molecular formula is C14H17ClN2O4. The molecule has 0 aliphatic carbocycles. The zero-order chi connectivity index (χ0) is 15.5. The van der Waals surface area contributed by atoms with E-state index in [2.05, 4.69) is 10.6 Å². The molecule has 1 aromatic carbocycles. The third-order valence-electron chi connectivity index (χ3n) is 3.31. The second kappa shape index (κ2) is 6.32. The number of hydrogen-bond donors (Lipinski definition) is 3. The van der Waals surface area contributed by atoms with Crippen LogP contribution in [-0.4, -0.2) is 35.9 Å². The number of urea groups is 1. The van der Waals surface area contributed by atoms with Crippen LogP contribution in [0.15, 0.2) is 18.2 Å². The third-order valence-corrected chi connectivity index (χ3v) is 3.64. The largest absolute Gasteiger partial charge is 0.478 e. The first-order chi connectivity index (χ1) is 9.89. The summed E-state index contributed by atoms with van der Waals surface area (Å²) >= 11 is 5.96. The van der Waals surface area contributed by atoms with Crippen molar-refractivity contribution in [2.24, 2.45) is 0 Å². The van der Waals surface area contributed by atoms with Gasteiger partial charge in [-0.15, -0.1) is 0 Å². The van der Waals surface area contributed by atoms with Gasteiger partial charge in [-0.1, -0.05) is 11.6 Å². The molecule has 1 fully saturated rings. The van der Waals surface area contributed by atoms with Crippen LogP contribution in [0, 0.1) is 0 Å². The van der Waals surface area contributed by atoms with E-state index in [-0.39, 0.29) is 16.3 Å². The number of aromatic carboxylic acids is 1. The number of rotatable bonds is 3. The van der Waals surface area contributed by atoms with Crippen LogP contribution < -0.4 is 10.6 Å². The van der Waals surface area contributed by atoms with E-state index in [1.807, 2.05) is 6.92 Å². The summed E-state index contributed by atoms with van der Waals surface area (Å²) in [5.74, 6) is -1.08. The lowest BCUT2D eigenvalue weighted by Gasteiger charge is -2.34. The Morgan fingerprint density at radius 3 is 2.81 bits per heavy atom. The molecule has 114 valence electrons. The fourth-order valence-corrected chi connectivity index (χ4v) is 2.38. The SMILES string of the molecule is CC1(NC(=O)Nc2cc(C(=O)O)ccc2Cl)CCCOC1. The van der Waals surface area contributed by atoms with E-state index in [0.717, 1.165) is 12.8 Å². The van der Waals surface area contributed by atoms with Crippen molar-refractivity contribution in [2.75, 3.05) is 18.5 Å². The van der Waals surface area contributed by atoms with Crippen molar-refractivity contribution in [3.8, 4) is 0 Å². The lowest BCUT2D eigenvalue weighted by molar-refractivity contribution is 0.0342. The zero-order valence-electron chi connectivity index (χ0n) is 11.6. The molecule has 1 saturated heterocycles. The molecule has 2 rings (SSSR count). The molecule has 1 heterocycles. The van der Waals surface area contributed by atoms with Gasteiger partial charge in [-0.3, -0.25) is 0 Å². The molecule has 2 amide bonds. The van der Waals surface area contributed by atoms with Crippen molar-refractivity contribution in [2.45, 2.75) is 25.3 Å². The van der Waals surface area contributed by atoms with Crippen molar-refractivity contribution in [3.63, 3.8) is 0 Å². The summed E-state index contributed by atoms with van der Waals surface area (Å²) in [5, 5.41) is 14.6. The summed E-state index contributed by atoms with van der Waals surface area (Å²) in [6.45, 7) is 3.05. The summed E-state index contributed by atoms with van der Waals surface area (Å²) in [7, 11) is 0. The molecular weight excluding hydrogens is 296 g/mol. The van der Waals surface area contributed by atoms with Gasteiger partial charge >= 0.3 is 12.0 Å². The van der Waals surface area contributed by atoms with Crippen molar-refractivity contribution >= 4 is 29.3 Å². The number of benzene rings is 1. The topological polar surface area (TPSA) is 87.7 Å². The Labute approximate surface area is 127 Å². The number of carbonyl (C=O) groups excluding carboxylic acids is 1. The molecule has 0 spiro atoms. The normalized spacial score (nSPS) is 21.6. The monoisotopic (exact) mass is 312 g/mol. The average Bonchev–Trinajstić information content (AvgIpc) is 2.41. The maximum atomic E-state index is 12.0. The predicted molar refractivity (Wildman–Crippen MR) is 79.0 cm³/mol. The van der Waals surface area contributed by atoms with Crippen LogP contribution >= 0.6 is 11.6 Å². The summed E-state index contributed by atoms with van der Waals surface area (Å²) in [4.78, 5) is 23.0. The lowest BCUT2D eigenvalue weighted by Crippen LogP contribution is -2.52. The summed E-state index contributed by atoms with van der Waals surface area (Å²) in [6.07, 6.45) is 1.70.